The van der Waals surface area contributed by atoms with Crippen LogP contribution in [0.25, 0.3) is 0 Å². The maximum atomic E-state index is 12.5. The smallest absolute Gasteiger partial charge is 0.244 e. The fourth-order valence-corrected chi connectivity index (χ4v) is 3.13. The molecule has 0 aliphatic heterocycles. The average molecular weight is 346 g/mol. The molecule has 0 fully saturated rings. The molecule has 0 aliphatic rings. The van der Waals surface area contributed by atoms with Crippen LogP contribution < -0.4 is 9.46 Å². The molecule has 0 radical (unpaired) electrons. The summed E-state index contributed by atoms with van der Waals surface area (Å²) < 4.78 is 37.3. The molecule has 9 heteroatoms. The maximum absolute atomic E-state index is 12.5. The molecule has 7 nitrogen and oxygen atoms in total. The Morgan fingerprint density at radius 3 is 2.64 bits per heavy atom. The van der Waals surface area contributed by atoms with Gasteiger partial charge in [-0.3, -0.25) is 0 Å². The van der Waals surface area contributed by atoms with E-state index in [1.807, 2.05) is 0 Å². The number of hydrogen-bond donors (Lipinski definition) is 1. The number of sulfonamides is 1. The van der Waals surface area contributed by atoms with Gasteiger partial charge in [0.2, 0.25) is 10.0 Å². The zero-order valence-corrected chi connectivity index (χ0v) is 14.0. The first kappa shape index (κ1) is 16.7. The van der Waals surface area contributed by atoms with Crippen LogP contribution in [-0.2, 0) is 16.6 Å². The van der Waals surface area contributed by atoms with Crippen molar-refractivity contribution in [3.63, 3.8) is 0 Å². The van der Waals surface area contributed by atoms with Crippen LogP contribution in [0.3, 0.4) is 0 Å². The Morgan fingerprint density at radius 1 is 1.32 bits per heavy atom. The number of halogens is 1. The molecule has 1 aromatic carbocycles. The number of rotatable bonds is 6. The number of aromatic nitrogens is 2. The summed E-state index contributed by atoms with van der Waals surface area (Å²) in [5.41, 5.74) is 1.68. The van der Waals surface area contributed by atoms with E-state index in [1.54, 1.807) is 26.8 Å². The number of benzene rings is 1. The summed E-state index contributed by atoms with van der Waals surface area (Å²) in [6.07, 6.45) is 0. The highest BCUT2D eigenvalue weighted by atomic mass is 35.5. The number of aryl methyl sites for hydroxylation is 2. The van der Waals surface area contributed by atoms with E-state index >= 15 is 0 Å². The lowest BCUT2D eigenvalue weighted by Crippen LogP contribution is -2.24. The number of hydrogen-bond acceptors (Lipinski definition) is 6. The second-order valence-corrected chi connectivity index (χ2v) is 6.74. The van der Waals surface area contributed by atoms with Crippen molar-refractivity contribution in [1.82, 2.24) is 15.0 Å². The van der Waals surface area contributed by atoms with Crippen molar-refractivity contribution >= 4 is 21.6 Å². The second kappa shape index (κ2) is 6.64. The average Bonchev–Trinajstić information content (AvgIpc) is 2.86. The van der Waals surface area contributed by atoms with Crippen molar-refractivity contribution in [1.29, 1.82) is 0 Å². The first-order valence-electron chi connectivity index (χ1n) is 6.55. The zero-order chi connectivity index (χ0) is 16.3. The SMILES string of the molecule is CCOc1cc(C)c(Cl)cc1S(=O)(=O)NCc1nonc1C. The maximum Gasteiger partial charge on any atom is 0.244 e. The van der Waals surface area contributed by atoms with Gasteiger partial charge in [-0.05, 0) is 38.5 Å². The summed E-state index contributed by atoms with van der Waals surface area (Å²) >= 11 is 6.03. The van der Waals surface area contributed by atoms with Gasteiger partial charge in [-0.25, -0.2) is 17.8 Å². The van der Waals surface area contributed by atoms with Crippen LogP contribution in [0, 0.1) is 13.8 Å². The Morgan fingerprint density at radius 2 is 2.05 bits per heavy atom. The highest BCUT2D eigenvalue weighted by Gasteiger charge is 2.22. The van der Waals surface area contributed by atoms with E-state index in [2.05, 4.69) is 19.7 Å². The molecule has 1 heterocycles. The van der Waals surface area contributed by atoms with Crippen molar-refractivity contribution in [2.24, 2.45) is 0 Å². The van der Waals surface area contributed by atoms with E-state index in [1.165, 1.54) is 6.07 Å². The summed E-state index contributed by atoms with van der Waals surface area (Å²) in [5, 5.41) is 7.58. The predicted octanol–water partition coefficient (Wildman–Crippen LogP) is 2.22. The summed E-state index contributed by atoms with van der Waals surface area (Å²) in [4.78, 5) is -0.0148. The van der Waals surface area contributed by atoms with Crippen molar-refractivity contribution in [3.05, 3.63) is 34.1 Å². The molecule has 0 aliphatic carbocycles. The second-order valence-electron chi connectivity index (χ2n) is 4.60. The minimum Gasteiger partial charge on any atom is -0.492 e. The van der Waals surface area contributed by atoms with Crippen LogP contribution in [-0.4, -0.2) is 25.3 Å². The lowest BCUT2D eigenvalue weighted by Gasteiger charge is -2.13. The summed E-state index contributed by atoms with van der Waals surface area (Å²) in [7, 11) is -3.81. The van der Waals surface area contributed by atoms with Gasteiger partial charge in [-0.2, -0.15) is 0 Å². The Kier molecular flexibility index (Phi) is 5.05. The van der Waals surface area contributed by atoms with E-state index in [-0.39, 0.29) is 17.2 Å². The Hall–Kier alpha value is -1.64. The Balaban J connectivity index is 2.32. The van der Waals surface area contributed by atoms with E-state index in [0.29, 0.717) is 23.0 Å². The molecule has 1 N–H and O–H groups in total. The predicted molar refractivity (Wildman–Crippen MR) is 80.4 cm³/mol. The molecule has 2 aromatic rings. The molecule has 0 bridgehead atoms. The molecule has 120 valence electrons. The third kappa shape index (κ3) is 3.57. The number of nitrogens with zero attached hydrogens (tertiary/aromatic N) is 2. The number of nitrogens with one attached hydrogen (secondary N) is 1. The van der Waals surface area contributed by atoms with Crippen LogP contribution in [0.1, 0.15) is 23.9 Å². The van der Waals surface area contributed by atoms with Gasteiger partial charge in [-0.15, -0.1) is 0 Å². The fraction of sp³-hybridized carbons (Fsp3) is 0.385. The normalized spacial score (nSPS) is 11.6. The lowest BCUT2D eigenvalue weighted by molar-refractivity contribution is 0.301. The zero-order valence-electron chi connectivity index (χ0n) is 12.4. The van der Waals surface area contributed by atoms with Crippen LogP contribution in [0.15, 0.2) is 21.7 Å². The van der Waals surface area contributed by atoms with Gasteiger partial charge in [-0.1, -0.05) is 21.9 Å². The minimum absolute atomic E-state index is 0.0148. The van der Waals surface area contributed by atoms with Gasteiger partial charge in [0.15, 0.2) is 0 Å². The van der Waals surface area contributed by atoms with Crippen LogP contribution in [0.2, 0.25) is 5.02 Å². The molecule has 0 spiro atoms. The highest BCUT2D eigenvalue weighted by Crippen LogP contribution is 2.30. The van der Waals surface area contributed by atoms with E-state index in [9.17, 15) is 8.42 Å². The van der Waals surface area contributed by atoms with E-state index in [0.717, 1.165) is 5.56 Å². The van der Waals surface area contributed by atoms with Crippen molar-refractivity contribution < 1.29 is 17.8 Å². The van der Waals surface area contributed by atoms with Crippen molar-refractivity contribution in [2.45, 2.75) is 32.2 Å². The van der Waals surface area contributed by atoms with E-state index in [4.69, 9.17) is 16.3 Å². The molecule has 1 aromatic heterocycles. The molecule has 0 saturated carbocycles. The van der Waals surface area contributed by atoms with Gasteiger partial charge in [0.05, 0.1) is 13.2 Å². The van der Waals surface area contributed by atoms with Gasteiger partial charge >= 0.3 is 0 Å². The first-order chi connectivity index (χ1) is 10.3. The summed E-state index contributed by atoms with van der Waals surface area (Å²) in [6, 6.07) is 2.97. The van der Waals surface area contributed by atoms with E-state index < -0.39 is 10.0 Å². The van der Waals surface area contributed by atoms with Gasteiger partial charge < -0.3 is 4.74 Å². The van der Waals surface area contributed by atoms with Crippen molar-refractivity contribution in [3.8, 4) is 5.75 Å². The largest absolute Gasteiger partial charge is 0.492 e. The van der Waals surface area contributed by atoms with Crippen molar-refractivity contribution in [2.75, 3.05) is 6.61 Å². The molecule has 0 saturated heterocycles. The molecule has 0 amide bonds. The third-order valence-electron chi connectivity index (χ3n) is 2.99. The summed E-state index contributed by atoms with van der Waals surface area (Å²) in [5.74, 6) is 0.256. The molecule has 2 rings (SSSR count). The first-order valence-corrected chi connectivity index (χ1v) is 8.42. The monoisotopic (exact) mass is 345 g/mol. The molecular weight excluding hydrogens is 330 g/mol. The molecule has 0 unspecified atom stereocenters. The quantitative estimate of drug-likeness (QED) is 0.862. The van der Waals surface area contributed by atoms with Crippen LogP contribution in [0.4, 0.5) is 0 Å². The molecule has 0 atom stereocenters. The highest BCUT2D eigenvalue weighted by molar-refractivity contribution is 7.89. The van der Waals surface area contributed by atoms with Gasteiger partial charge in [0.1, 0.15) is 22.0 Å². The molecular formula is C13H16ClN3O4S. The summed E-state index contributed by atoms with van der Waals surface area (Å²) in [6.45, 7) is 5.54. The van der Waals surface area contributed by atoms with Crippen LogP contribution in [0.5, 0.6) is 5.75 Å². The number of ether oxygens (including phenoxy) is 1. The Labute approximate surface area is 133 Å². The third-order valence-corrected chi connectivity index (χ3v) is 4.82. The van der Waals surface area contributed by atoms with Crippen LogP contribution >= 0.6 is 11.6 Å². The topological polar surface area (TPSA) is 94.3 Å². The Bertz CT molecular complexity index is 774. The lowest BCUT2D eigenvalue weighted by atomic mass is 10.2. The molecule has 22 heavy (non-hydrogen) atoms. The fourth-order valence-electron chi connectivity index (χ4n) is 1.77. The van der Waals surface area contributed by atoms with Gasteiger partial charge in [0.25, 0.3) is 0 Å². The van der Waals surface area contributed by atoms with Gasteiger partial charge in [0, 0.05) is 5.02 Å². The standard InChI is InChI=1S/C13H16ClN3O4S/c1-4-20-12-5-8(2)10(14)6-13(12)22(18,19)15-7-11-9(3)16-21-17-11/h5-6,15H,4,7H2,1-3H3. The minimum atomic E-state index is -3.81.